The van der Waals surface area contributed by atoms with Gasteiger partial charge in [0.1, 0.15) is 16.2 Å². The Hall–Kier alpha value is -1.29. The number of imidazole rings is 1. The van der Waals surface area contributed by atoms with Crippen LogP contribution in [0.25, 0.3) is 5.69 Å². The molecule has 2 aromatic rings. The van der Waals surface area contributed by atoms with E-state index < -0.39 is 0 Å². The molecule has 21 heavy (non-hydrogen) atoms. The van der Waals surface area contributed by atoms with Crippen molar-refractivity contribution in [2.45, 2.75) is 45.4 Å². The van der Waals surface area contributed by atoms with Crippen molar-refractivity contribution >= 4 is 15.9 Å². The van der Waals surface area contributed by atoms with E-state index in [0.29, 0.717) is 0 Å². The van der Waals surface area contributed by atoms with Gasteiger partial charge in [-0.25, -0.2) is 4.98 Å². The standard InChI is InChI=1S/C17H21BrN2O/c1-2-3-4-5-10-21-14-7-8-15-13(11-14)6-9-17-19-12-16(18)20(15)17/h7-8,11-12H,2-6,9-10H2,1H3. The lowest BCUT2D eigenvalue weighted by atomic mass is 10.0. The van der Waals surface area contributed by atoms with E-state index in [2.05, 4.69) is 50.6 Å². The molecule has 1 aliphatic heterocycles. The van der Waals surface area contributed by atoms with Gasteiger partial charge in [0, 0.05) is 6.42 Å². The van der Waals surface area contributed by atoms with Crippen LogP contribution in [0, 0.1) is 0 Å². The summed E-state index contributed by atoms with van der Waals surface area (Å²) in [6.45, 7) is 3.05. The number of benzene rings is 1. The third-order valence-corrected chi connectivity index (χ3v) is 4.53. The van der Waals surface area contributed by atoms with Crippen molar-refractivity contribution in [2.24, 2.45) is 0 Å². The fourth-order valence-corrected chi connectivity index (χ4v) is 3.33. The molecular formula is C17H21BrN2O. The second-order valence-corrected chi connectivity index (χ2v) is 6.34. The van der Waals surface area contributed by atoms with Crippen LogP contribution in [0.1, 0.15) is 44.0 Å². The molecule has 1 aromatic heterocycles. The number of aryl methyl sites for hydroxylation is 2. The first-order valence-electron chi connectivity index (χ1n) is 7.78. The van der Waals surface area contributed by atoms with Crippen molar-refractivity contribution in [1.29, 1.82) is 0 Å². The van der Waals surface area contributed by atoms with Crippen LogP contribution in [0.5, 0.6) is 5.75 Å². The Labute approximate surface area is 134 Å². The van der Waals surface area contributed by atoms with E-state index in [1.165, 1.54) is 30.5 Å². The van der Waals surface area contributed by atoms with Gasteiger partial charge in [-0.3, -0.25) is 4.57 Å². The fraction of sp³-hybridized carbons (Fsp3) is 0.471. The summed E-state index contributed by atoms with van der Waals surface area (Å²) < 4.78 is 9.09. The van der Waals surface area contributed by atoms with Gasteiger partial charge in [-0.1, -0.05) is 26.2 Å². The Morgan fingerprint density at radius 2 is 2.14 bits per heavy atom. The van der Waals surface area contributed by atoms with Crippen molar-refractivity contribution in [3.05, 3.63) is 40.4 Å². The minimum Gasteiger partial charge on any atom is -0.494 e. The fourth-order valence-electron chi connectivity index (χ4n) is 2.83. The van der Waals surface area contributed by atoms with Crippen LogP contribution in [-0.4, -0.2) is 16.2 Å². The molecule has 0 spiro atoms. The van der Waals surface area contributed by atoms with Crippen LogP contribution in [0.15, 0.2) is 29.0 Å². The van der Waals surface area contributed by atoms with Crippen LogP contribution in [0.2, 0.25) is 0 Å². The molecule has 112 valence electrons. The van der Waals surface area contributed by atoms with Crippen LogP contribution in [0.3, 0.4) is 0 Å². The smallest absolute Gasteiger partial charge is 0.119 e. The summed E-state index contributed by atoms with van der Waals surface area (Å²) in [6.07, 6.45) is 8.85. The highest BCUT2D eigenvalue weighted by Gasteiger charge is 2.19. The van der Waals surface area contributed by atoms with Crippen molar-refractivity contribution < 1.29 is 4.74 Å². The zero-order valence-electron chi connectivity index (χ0n) is 12.4. The summed E-state index contributed by atoms with van der Waals surface area (Å²) in [5.41, 5.74) is 2.56. The molecule has 0 radical (unpaired) electrons. The van der Waals surface area contributed by atoms with Gasteiger partial charge < -0.3 is 4.74 Å². The molecule has 3 nitrogen and oxygen atoms in total. The molecule has 0 atom stereocenters. The minimum atomic E-state index is 0.818. The van der Waals surface area contributed by atoms with Gasteiger partial charge in [-0.05, 0) is 52.5 Å². The second-order valence-electron chi connectivity index (χ2n) is 5.53. The molecule has 0 amide bonds. The maximum Gasteiger partial charge on any atom is 0.119 e. The maximum absolute atomic E-state index is 5.88. The number of halogens is 1. The first kappa shape index (κ1) is 14.6. The van der Waals surface area contributed by atoms with Gasteiger partial charge in [0.05, 0.1) is 18.5 Å². The Kier molecular flexibility index (Phi) is 4.63. The Bertz CT molecular complexity index is 621. The average Bonchev–Trinajstić information content (AvgIpc) is 2.89. The molecule has 4 heteroatoms. The molecule has 0 saturated heterocycles. The number of nitrogens with zero attached hydrogens (tertiary/aromatic N) is 2. The number of hydrogen-bond donors (Lipinski definition) is 0. The molecule has 1 aliphatic rings. The normalized spacial score (nSPS) is 12.9. The lowest BCUT2D eigenvalue weighted by Gasteiger charge is -2.20. The number of unbranched alkanes of at least 4 members (excludes halogenated alkanes) is 3. The molecule has 1 aromatic carbocycles. The predicted molar refractivity (Wildman–Crippen MR) is 88.3 cm³/mol. The van der Waals surface area contributed by atoms with Crippen molar-refractivity contribution in [2.75, 3.05) is 6.61 Å². The monoisotopic (exact) mass is 348 g/mol. The number of fused-ring (bicyclic) bond motifs is 3. The summed E-state index contributed by atoms with van der Waals surface area (Å²) in [5.74, 6) is 2.12. The van der Waals surface area contributed by atoms with Crippen LogP contribution < -0.4 is 4.74 Å². The highest BCUT2D eigenvalue weighted by atomic mass is 79.9. The Morgan fingerprint density at radius 1 is 1.24 bits per heavy atom. The molecule has 3 rings (SSSR count). The summed E-state index contributed by atoms with van der Waals surface area (Å²) in [6, 6.07) is 6.40. The quantitative estimate of drug-likeness (QED) is 0.708. The molecule has 0 fully saturated rings. The highest BCUT2D eigenvalue weighted by Crippen LogP contribution is 2.31. The van der Waals surface area contributed by atoms with Gasteiger partial charge >= 0.3 is 0 Å². The zero-order chi connectivity index (χ0) is 14.7. The van der Waals surface area contributed by atoms with E-state index in [1.54, 1.807) is 0 Å². The Balaban J connectivity index is 1.70. The van der Waals surface area contributed by atoms with Crippen LogP contribution >= 0.6 is 15.9 Å². The van der Waals surface area contributed by atoms with Crippen LogP contribution in [-0.2, 0) is 12.8 Å². The van der Waals surface area contributed by atoms with E-state index in [-0.39, 0.29) is 0 Å². The third-order valence-electron chi connectivity index (χ3n) is 3.97. The predicted octanol–water partition coefficient (Wildman–Crippen LogP) is 4.69. The van der Waals surface area contributed by atoms with Gasteiger partial charge in [-0.15, -0.1) is 0 Å². The largest absolute Gasteiger partial charge is 0.494 e. The number of rotatable bonds is 6. The molecule has 2 heterocycles. The minimum absolute atomic E-state index is 0.818. The van der Waals surface area contributed by atoms with Gasteiger partial charge in [-0.2, -0.15) is 0 Å². The summed E-state index contributed by atoms with van der Waals surface area (Å²) in [4.78, 5) is 4.44. The average molecular weight is 349 g/mol. The molecule has 0 N–H and O–H groups in total. The third kappa shape index (κ3) is 3.15. The molecule has 0 unspecified atom stereocenters. The maximum atomic E-state index is 5.88. The number of ether oxygens (including phenoxy) is 1. The van der Waals surface area contributed by atoms with Gasteiger partial charge in [0.15, 0.2) is 0 Å². The molecule has 0 bridgehead atoms. The van der Waals surface area contributed by atoms with Gasteiger partial charge in [0.25, 0.3) is 0 Å². The van der Waals surface area contributed by atoms with E-state index in [4.69, 9.17) is 4.74 Å². The molecular weight excluding hydrogens is 328 g/mol. The first-order chi connectivity index (χ1) is 10.3. The van der Waals surface area contributed by atoms with E-state index >= 15 is 0 Å². The number of aromatic nitrogens is 2. The summed E-state index contributed by atoms with van der Waals surface area (Å²) in [5, 5.41) is 0. The Morgan fingerprint density at radius 3 is 3.00 bits per heavy atom. The topological polar surface area (TPSA) is 27.1 Å². The summed E-state index contributed by atoms with van der Waals surface area (Å²) in [7, 11) is 0. The van der Waals surface area contributed by atoms with Crippen molar-refractivity contribution in [3.63, 3.8) is 0 Å². The molecule has 0 aliphatic carbocycles. The van der Waals surface area contributed by atoms with E-state index in [1.807, 2.05) is 6.20 Å². The second kappa shape index (κ2) is 6.65. The summed E-state index contributed by atoms with van der Waals surface area (Å²) >= 11 is 3.58. The lowest BCUT2D eigenvalue weighted by molar-refractivity contribution is 0.304. The van der Waals surface area contributed by atoms with Crippen LogP contribution in [0.4, 0.5) is 0 Å². The zero-order valence-corrected chi connectivity index (χ0v) is 14.0. The van der Waals surface area contributed by atoms with Crippen molar-refractivity contribution in [1.82, 2.24) is 9.55 Å². The van der Waals surface area contributed by atoms with Crippen molar-refractivity contribution in [3.8, 4) is 11.4 Å². The SMILES string of the molecule is CCCCCCOc1ccc2c(c1)CCc1ncc(Br)n1-2. The first-order valence-corrected chi connectivity index (χ1v) is 8.57. The molecule has 0 saturated carbocycles. The van der Waals surface area contributed by atoms with E-state index in [0.717, 1.165) is 42.0 Å². The highest BCUT2D eigenvalue weighted by molar-refractivity contribution is 9.10. The lowest BCUT2D eigenvalue weighted by Crippen LogP contribution is -2.12. The van der Waals surface area contributed by atoms with Gasteiger partial charge in [0.2, 0.25) is 0 Å². The number of hydrogen-bond acceptors (Lipinski definition) is 2. The van der Waals surface area contributed by atoms with E-state index in [9.17, 15) is 0 Å².